The Labute approximate surface area is 327 Å². The van der Waals surface area contributed by atoms with E-state index in [-0.39, 0.29) is 5.41 Å². The normalized spacial score (nSPS) is 13.0. The van der Waals surface area contributed by atoms with E-state index in [9.17, 15) is 0 Å². The molecule has 11 rings (SSSR count). The number of fused-ring (bicyclic) bond motifs is 9. The van der Waals surface area contributed by atoms with Crippen molar-refractivity contribution in [2.75, 3.05) is 4.90 Å². The van der Waals surface area contributed by atoms with E-state index in [0.29, 0.717) is 0 Å². The van der Waals surface area contributed by atoms with Crippen LogP contribution in [-0.2, 0) is 5.41 Å². The van der Waals surface area contributed by atoms with E-state index in [4.69, 9.17) is 0 Å². The third-order valence-electron chi connectivity index (χ3n) is 12.2. The maximum atomic E-state index is 2.50. The summed E-state index contributed by atoms with van der Waals surface area (Å²) in [5.41, 5.74) is 13.5. The lowest BCUT2D eigenvalue weighted by atomic mass is 9.82. The smallest absolute Gasteiger partial charge is 0.0543 e. The van der Waals surface area contributed by atoms with E-state index in [0.717, 1.165) is 11.4 Å². The minimum Gasteiger partial charge on any atom is -0.309 e. The van der Waals surface area contributed by atoms with Gasteiger partial charge in [0.2, 0.25) is 0 Å². The van der Waals surface area contributed by atoms with Crippen LogP contribution in [0.5, 0.6) is 0 Å². The standard InChI is InChI=1S/C55H39N/c1-55(2)50-22-11-9-21-47(50)54-51(55)23-13-25-53(54)56(52-24-12-10-18-43(52)40-27-26-36-14-3-4-16-39(36)34-40)41-31-28-38(29-32-41)48-35-49-42-17-6-5-15-37(42)30-33-46(49)44-19-7-8-20-45(44)48/h3-35H,1-2H3. The quantitative estimate of drug-likeness (QED) is 0.161. The molecule has 1 nitrogen and oxygen atoms in total. The van der Waals surface area contributed by atoms with Crippen molar-refractivity contribution in [3.63, 3.8) is 0 Å². The molecule has 264 valence electrons. The summed E-state index contributed by atoms with van der Waals surface area (Å²) >= 11 is 0. The van der Waals surface area contributed by atoms with Crippen LogP contribution in [0.15, 0.2) is 200 Å². The number of rotatable bonds is 5. The van der Waals surface area contributed by atoms with Gasteiger partial charge in [-0.1, -0.05) is 178 Å². The first-order valence-electron chi connectivity index (χ1n) is 19.6. The summed E-state index contributed by atoms with van der Waals surface area (Å²) < 4.78 is 0. The molecule has 0 bridgehead atoms. The highest BCUT2D eigenvalue weighted by Crippen LogP contribution is 2.55. The lowest BCUT2D eigenvalue weighted by molar-refractivity contribution is 0.660. The summed E-state index contributed by atoms with van der Waals surface area (Å²) in [5.74, 6) is 0. The molecule has 1 heteroatoms. The first-order chi connectivity index (χ1) is 27.5. The molecule has 0 aliphatic heterocycles. The molecule has 0 unspecified atom stereocenters. The van der Waals surface area contributed by atoms with Crippen LogP contribution in [0, 0.1) is 0 Å². The average molecular weight is 714 g/mol. The van der Waals surface area contributed by atoms with E-state index in [2.05, 4.69) is 219 Å². The Bertz CT molecular complexity index is 3170. The van der Waals surface area contributed by atoms with Gasteiger partial charge in [-0.15, -0.1) is 0 Å². The summed E-state index contributed by atoms with van der Waals surface area (Å²) in [6, 6.07) is 74.0. The number of hydrogen-bond donors (Lipinski definition) is 0. The molecule has 0 spiro atoms. The van der Waals surface area contributed by atoms with Crippen LogP contribution in [0.25, 0.3) is 76.5 Å². The summed E-state index contributed by atoms with van der Waals surface area (Å²) in [6.07, 6.45) is 0. The minimum absolute atomic E-state index is 0.114. The predicted octanol–water partition coefficient (Wildman–Crippen LogP) is 15.4. The number of nitrogens with zero attached hydrogens (tertiary/aromatic N) is 1. The van der Waals surface area contributed by atoms with Gasteiger partial charge in [0.25, 0.3) is 0 Å². The van der Waals surface area contributed by atoms with Crippen molar-refractivity contribution in [1.82, 2.24) is 0 Å². The van der Waals surface area contributed by atoms with Crippen molar-refractivity contribution < 1.29 is 0 Å². The van der Waals surface area contributed by atoms with Crippen molar-refractivity contribution in [2.45, 2.75) is 19.3 Å². The average Bonchev–Trinajstić information content (AvgIpc) is 3.50. The summed E-state index contributed by atoms with van der Waals surface area (Å²) in [7, 11) is 0. The Balaban J connectivity index is 1.14. The van der Waals surface area contributed by atoms with E-state index < -0.39 is 0 Å². The molecule has 10 aromatic carbocycles. The zero-order valence-electron chi connectivity index (χ0n) is 31.5. The van der Waals surface area contributed by atoms with Gasteiger partial charge in [0.1, 0.15) is 0 Å². The highest BCUT2D eigenvalue weighted by atomic mass is 15.1. The van der Waals surface area contributed by atoms with Crippen LogP contribution in [0.1, 0.15) is 25.0 Å². The maximum Gasteiger partial charge on any atom is 0.0543 e. The Kier molecular flexibility index (Phi) is 7.28. The molecule has 0 aromatic heterocycles. The minimum atomic E-state index is -0.114. The molecule has 0 saturated heterocycles. The van der Waals surface area contributed by atoms with Crippen molar-refractivity contribution in [3.8, 4) is 33.4 Å². The van der Waals surface area contributed by atoms with E-state index in [1.807, 2.05) is 0 Å². The molecule has 0 saturated carbocycles. The van der Waals surface area contributed by atoms with Crippen molar-refractivity contribution in [2.24, 2.45) is 0 Å². The molecular formula is C55H39N. The SMILES string of the molecule is CC1(C)c2ccccc2-c2c(N(c3ccc(-c4cc5c6ccccc6ccc5c5ccccc45)cc3)c3ccccc3-c3ccc4ccccc4c3)cccc21. The third-order valence-corrected chi connectivity index (χ3v) is 12.2. The third kappa shape index (κ3) is 4.94. The summed E-state index contributed by atoms with van der Waals surface area (Å²) in [5, 5.41) is 10.1. The molecule has 0 N–H and O–H groups in total. The molecule has 0 atom stereocenters. The van der Waals surface area contributed by atoms with E-state index >= 15 is 0 Å². The van der Waals surface area contributed by atoms with Crippen LogP contribution in [0.4, 0.5) is 17.1 Å². The number of para-hydroxylation sites is 1. The molecule has 10 aromatic rings. The first-order valence-corrected chi connectivity index (χ1v) is 19.6. The fourth-order valence-electron chi connectivity index (χ4n) is 9.49. The van der Waals surface area contributed by atoms with Gasteiger partial charge < -0.3 is 4.90 Å². The zero-order chi connectivity index (χ0) is 37.4. The van der Waals surface area contributed by atoms with Crippen molar-refractivity contribution in [1.29, 1.82) is 0 Å². The number of anilines is 3. The predicted molar refractivity (Wildman–Crippen MR) is 240 cm³/mol. The summed E-state index contributed by atoms with van der Waals surface area (Å²) in [6.45, 7) is 4.72. The molecular weight excluding hydrogens is 675 g/mol. The Hall–Kier alpha value is -6.96. The maximum absolute atomic E-state index is 2.50. The van der Waals surface area contributed by atoms with Crippen LogP contribution >= 0.6 is 0 Å². The van der Waals surface area contributed by atoms with Gasteiger partial charge in [0, 0.05) is 22.2 Å². The van der Waals surface area contributed by atoms with Crippen LogP contribution in [0.2, 0.25) is 0 Å². The Morgan fingerprint density at radius 3 is 1.77 bits per heavy atom. The van der Waals surface area contributed by atoms with Crippen molar-refractivity contribution in [3.05, 3.63) is 211 Å². The van der Waals surface area contributed by atoms with Crippen LogP contribution in [0.3, 0.4) is 0 Å². The van der Waals surface area contributed by atoms with Gasteiger partial charge in [-0.2, -0.15) is 0 Å². The van der Waals surface area contributed by atoms with Crippen LogP contribution < -0.4 is 4.90 Å². The number of benzene rings is 10. The second kappa shape index (κ2) is 12.5. The topological polar surface area (TPSA) is 3.24 Å². The second-order valence-electron chi connectivity index (χ2n) is 15.7. The molecule has 0 radical (unpaired) electrons. The fraction of sp³-hybridized carbons (Fsp3) is 0.0545. The lowest BCUT2D eigenvalue weighted by Crippen LogP contribution is -2.16. The van der Waals surface area contributed by atoms with Gasteiger partial charge in [0.05, 0.1) is 11.4 Å². The zero-order valence-corrected chi connectivity index (χ0v) is 31.5. The largest absolute Gasteiger partial charge is 0.309 e. The Morgan fingerprint density at radius 2 is 0.929 bits per heavy atom. The van der Waals surface area contributed by atoms with E-state index in [1.165, 1.54) is 93.3 Å². The molecule has 56 heavy (non-hydrogen) atoms. The molecule has 0 amide bonds. The molecule has 0 fully saturated rings. The first kappa shape index (κ1) is 32.5. The Morgan fingerprint density at radius 1 is 0.339 bits per heavy atom. The van der Waals surface area contributed by atoms with Crippen molar-refractivity contribution >= 4 is 60.2 Å². The van der Waals surface area contributed by atoms with E-state index in [1.54, 1.807) is 0 Å². The second-order valence-corrected chi connectivity index (χ2v) is 15.7. The highest BCUT2D eigenvalue weighted by Gasteiger charge is 2.38. The summed E-state index contributed by atoms with van der Waals surface area (Å²) in [4.78, 5) is 2.50. The van der Waals surface area contributed by atoms with Gasteiger partial charge in [-0.05, 0) is 113 Å². The molecule has 0 heterocycles. The van der Waals surface area contributed by atoms with Gasteiger partial charge >= 0.3 is 0 Å². The number of hydrogen-bond acceptors (Lipinski definition) is 1. The highest BCUT2D eigenvalue weighted by molar-refractivity contribution is 6.21. The van der Waals surface area contributed by atoms with Gasteiger partial charge in [-0.25, -0.2) is 0 Å². The molecule has 1 aliphatic rings. The monoisotopic (exact) mass is 713 g/mol. The van der Waals surface area contributed by atoms with Crippen LogP contribution in [-0.4, -0.2) is 0 Å². The lowest BCUT2D eigenvalue weighted by Gasteiger charge is -2.30. The fourth-order valence-corrected chi connectivity index (χ4v) is 9.49. The van der Waals surface area contributed by atoms with Gasteiger partial charge in [-0.3, -0.25) is 0 Å². The molecule has 1 aliphatic carbocycles. The van der Waals surface area contributed by atoms with Gasteiger partial charge in [0.15, 0.2) is 0 Å².